The van der Waals surface area contributed by atoms with Crippen LogP contribution in [-0.2, 0) is 23.1 Å². The second-order valence-electron chi connectivity index (χ2n) is 4.08. The predicted octanol–water partition coefficient (Wildman–Crippen LogP) is 1.48. The largest absolute Gasteiger partial charge is 0.468 e. The molecule has 0 radical (unpaired) electrons. The Morgan fingerprint density at radius 2 is 1.84 bits per heavy atom. The molecule has 2 N–H and O–H groups in total. The average molecular weight is 280 g/mol. The van der Waals surface area contributed by atoms with Gasteiger partial charge in [-0.15, -0.1) is 0 Å². The lowest BCUT2D eigenvalue weighted by Gasteiger charge is -2.06. The first-order valence-corrected chi connectivity index (χ1v) is 7.36. The van der Waals surface area contributed by atoms with Crippen LogP contribution in [0.15, 0.2) is 52.0 Å². The smallest absolute Gasteiger partial charge is 0.240 e. The third kappa shape index (κ3) is 3.66. The Kier molecular flexibility index (Phi) is 4.36. The number of hydrogen-bond donors (Lipinski definition) is 2. The van der Waals surface area contributed by atoms with Crippen molar-refractivity contribution in [3.05, 3.63) is 54.0 Å². The minimum Gasteiger partial charge on any atom is -0.468 e. The molecule has 0 aliphatic carbocycles. The Bertz CT molecular complexity index is 604. The van der Waals surface area contributed by atoms with E-state index >= 15 is 0 Å². The highest BCUT2D eigenvalue weighted by Gasteiger charge is 2.13. The molecule has 1 heterocycles. The molecule has 6 heteroatoms. The van der Waals surface area contributed by atoms with Gasteiger partial charge in [0.05, 0.1) is 17.7 Å². The normalized spacial score (nSPS) is 11.6. The maximum atomic E-state index is 12.0. The molecule has 0 unspecified atom stereocenters. The lowest BCUT2D eigenvalue weighted by atomic mass is 10.2. The quantitative estimate of drug-likeness (QED) is 0.840. The maximum absolute atomic E-state index is 12.0. The number of benzene rings is 1. The molecule has 2 aromatic rings. The molecule has 19 heavy (non-hydrogen) atoms. The summed E-state index contributed by atoms with van der Waals surface area (Å²) >= 11 is 0. The van der Waals surface area contributed by atoms with E-state index in [1.54, 1.807) is 36.4 Å². The summed E-state index contributed by atoms with van der Waals surface area (Å²) in [4.78, 5) is 0.249. The van der Waals surface area contributed by atoms with E-state index in [1.807, 2.05) is 7.05 Å². The zero-order valence-corrected chi connectivity index (χ0v) is 11.4. The summed E-state index contributed by atoms with van der Waals surface area (Å²) in [6, 6.07) is 10.2. The molecule has 0 saturated carbocycles. The van der Waals surface area contributed by atoms with E-state index in [0.29, 0.717) is 12.3 Å². The first-order chi connectivity index (χ1) is 9.12. The van der Waals surface area contributed by atoms with Crippen LogP contribution in [0, 0.1) is 0 Å². The van der Waals surface area contributed by atoms with Crippen LogP contribution in [0.1, 0.15) is 11.3 Å². The molecule has 5 nitrogen and oxygen atoms in total. The number of nitrogens with one attached hydrogen (secondary N) is 2. The Morgan fingerprint density at radius 1 is 1.11 bits per heavy atom. The van der Waals surface area contributed by atoms with Crippen LogP contribution in [0.3, 0.4) is 0 Å². The van der Waals surface area contributed by atoms with Crippen LogP contribution in [-0.4, -0.2) is 15.5 Å². The first-order valence-electron chi connectivity index (χ1n) is 5.87. The van der Waals surface area contributed by atoms with Gasteiger partial charge in [0.2, 0.25) is 10.0 Å². The van der Waals surface area contributed by atoms with Crippen molar-refractivity contribution < 1.29 is 12.8 Å². The van der Waals surface area contributed by atoms with E-state index in [1.165, 1.54) is 6.26 Å². The fraction of sp³-hybridized carbons (Fsp3) is 0.231. The monoisotopic (exact) mass is 280 g/mol. The van der Waals surface area contributed by atoms with Crippen LogP contribution < -0.4 is 10.0 Å². The van der Waals surface area contributed by atoms with Crippen molar-refractivity contribution in [1.82, 2.24) is 10.0 Å². The summed E-state index contributed by atoms with van der Waals surface area (Å²) in [6.45, 7) is 0.855. The molecule has 102 valence electrons. The van der Waals surface area contributed by atoms with Crippen molar-refractivity contribution in [2.24, 2.45) is 0 Å². The van der Waals surface area contributed by atoms with E-state index in [-0.39, 0.29) is 11.4 Å². The topological polar surface area (TPSA) is 71.3 Å². The fourth-order valence-electron chi connectivity index (χ4n) is 1.65. The third-order valence-electron chi connectivity index (χ3n) is 2.63. The van der Waals surface area contributed by atoms with Gasteiger partial charge in [0.15, 0.2) is 0 Å². The van der Waals surface area contributed by atoms with Gasteiger partial charge in [0, 0.05) is 6.54 Å². The second kappa shape index (κ2) is 6.01. The SMILES string of the molecule is CNCc1ccc(S(=O)(=O)NCc2ccco2)cc1. The lowest BCUT2D eigenvalue weighted by molar-refractivity contribution is 0.498. The Morgan fingerprint density at radius 3 is 2.42 bits per heavy atom. The maximum Gasteiger partial charge on any atom is 0.240 e. The van der Waals surface area contributed by atoms with Gasteiger partial charge in [0.25, 0.3) is 0 Å². The number of rotatable bonds is 6. The molecule has 0 aliphatic rings. The minimum absolute atomic E-state index is 0.146. The van der Waals surface area contributed by atoms with Gasteiger partial charge in [-0.1, -0.05) is 12.1 Å². The molecule has 2 rings (SSSR count). The van der Waals surface area contributed by atoms with Gasteiger partial charge in [-0.3, -0.25) is 0 Å². The molecule has 0 fully saturated rings. The summed E-state index contributed by atoms with van der Waals surface area (Å²) in [5.41, 5.74) is 1.03. The van der Waals surface area contributed by atoms with Crippen molar-refractivity contribution in [3.8, 4) is 0 Å². The van der Waals surface area contributed by atoms with E-state index in [0.717, 1.165) is 5.56 Å². The van der Waals surface area contributed by atoms with Crippen molar-refractivity contribution >= 4 is 10.0 Å². The molecule has 0 spiro atoms. The number of furan rings is 1. The standard InChI is InChI=1S/C13H16N2O3S/c1-14-9-11-4-6-13(7-5-11)19(16,17)15-10-12-3-2-8-18-12/h2-8,14-15H,9-10H2,1H3. The van der Waals surface area contributed by atoms with Gasteiger partial charge < -0.3 is 9.73 Å². The minimum atomic E-state index is -3.50. The van der Waals surface area contributed by atoms with Crippen molar-refractivity contribution in [2.75, 3.05) is 7.05 Å². The predicted molar refractivity (Wildman–Crippen MR) is 71.9 cm³/mol. The van der Waals surface area contributed by atoms with Crippen LogP contribution in [0.25, 0.3) is 0 Å². The second-order valence-corrected chi connectivity index (χ2v) is 5.85. The van der Waals surface area contributed by atoms with Gasteiger partial charge in [-0.25, -0.2) is 13.1 Å². The Hall–Kier alpha value is -1.63. The molecule has 0 bridgehead atoms. The fourth-order valence-corrected chi connectivity index (χ4v) is 2.65. The molecule has 1 aromatic heterocycles. The third-order valence-corrected chi connectivity index (χ3v) is 4.05. The summed E-state index contributed by atoms with van der Waals surface area (Å²) in [5, 5.41) is 3.01. The van der Waals surface area contributed by atoms with Crippen LogP contribution in [0.5, 0.6) is 0 Å². The Labute approximate surface area is 112 Å². The summed E-state index contributed by atoms with van der Waals surface area (Å²) in [7, 11) is -1.66. The lowest BCUT2D eigenvalue weighted by Crippen LogP contribution is -2.23. The Balaban J connectivity index is 2.06. The highest BCUT2D eigenvalue weighted by atomic mass is 32.2. The molecule has 0 amide bonds. The zero-order valence-electron chi connectivity index (χ0n) is 10.6. The molecular formula is C13H16N2O3S. The van der Waals surface area contributed by atoms with E-state index in [9.17, 15) is 8.42 Å². The van der Waals surface area contributed by atoms with Crippen molar-refractivity contribution in [1.29, 1.82) is 0 Å². The van der Waals surface area contributed by atoms with Crippen LogP contribution in [0.4, 0.5) is 0 Å². The van der Waals surface area contributed by atoms with Gasteiger partial charge >= 0.3 is 0 Å². The van der Waals surface area contributed by atoms with Crippen molar-refractivity contribution in [3.63, 3.8) is 0 Å². The van der Waals surface area contributed by atoms with Crippen LogP contribution in [0.2, 0.25) is 0 Å². The zero-order chi connectivity index (χ0) is 13.7. The number of hydrogen-bond acceptors (Lipinski definition) is 4. The highest BCUT2D eigenvalue weighted by molar-refractivity contribution is 7.89. The summed E-state index contributed by atoms with van der Waals surface area (Å²) in [6.07, 6.45) is 1.51. The van der Waals surface area contributed by atoms with E-state index < -0.39 is 10.0 Å². The summed E-state index contributed by atoms with van der Waals surface area (Å²) in [5.74, 6) is 0.579. The molecule has 0 saturated heterocycles. The molecule has 1 aromatic carbocycles. The van der Waals surface area contributed by atoms with E-state index in [2.05, 4.69) is 10.0 Å². The van der Waals surface area contributed by atoms with Gasteiger partial charge in [-0.2, -0.15) is 0 Å². The van der Waals surface area contributed by atoms with Crippen molar-refractivity contribution in [2.45, 2.75) is 18.0 Å². The molecule has 0 aliphatic heterocycles. The number of sulfonamides is 1. The first kappa shape index (κ1) is 13.8. The average Bonchev–Trinajstić information content (AvgIpc) is 2.91. The van der Waals surface area contributed by atoms with Gasteiger partial charge in [0.1, 0.15) is 5.76 Å². The summed E-state index contributed by atoms with van der Waals surface area (Å²) < 4.78 is 31.6. The molecular weight excluding hydrogens is 264 g/mol. The van der Waals surface area contributed by atoms with Gasteiger partial charge in [-0.05, 0) is 36.9 Å². The highest BCUT2D eigenvalue weighted by Crippen LogP contribution is 2.11. The van der Waals surface area contributed by atoms with Crippen LogP contribution >= 0.6 is 0 Å². The molecule has 0 atom stereocenters. The van der Waals surface area contributed by atoms with E-state index in [4.69, 9.17) is 4.42 Å².